The van der Waals surface area contributed by atoms with Crippen molar-refractivity contribution in [1.29, 1.82) is 0 Å². The SMILES string of the molecule is CCCOc1ccc(CNC(=O)C2CCC(C(=O)O)CC2)cc1OC. The molecule has 1 amide bonds. The molecule has 2 rings (SSSR count). The van der Waals surface area contributed by atoms with Gasteiger partial charge in [-0.1, -0.05) is 13.0 Å². The number of aliphatic carboxylic acids is 1. The number of benzene rings is 1. The minimum Gasteiger partial charge on any atom is -0.493 e. The van der Waals surface area contributed by atoms with Gasteiger partial charge in [0, 0.05) is 12.5 Å². The fraction of sp³-hybridized carbons (Fsp3) is 0.579. The van der Waals surface area contributed by atoms with Gasteiger partial charge in [-0.15, -0.1) is 0 Å². The lowest BCUT2D eigenvalue weighted by molar-refractivity contribution is -0.144. The molecule has 1 aromatic rings. The Balaban J connectivity index is 1.86. The molecule has 0 aromatic heterocycles. The average molecular weight is 349 g/mol. The van der Waals surface area contributed by atoms with Gasteiger partial charge in [0.1, 0.15) is 0 Å². The normalized spacial score (nSPS) is 19.9. The van der Waals surface area contributed by atoms with Gasteiger partial charge < -0.3 is 19.9 Å². The molecule has 1 saturated carbocycles. The van der Waals surface area contributed by atoms with Gasteiger partial charge >= 0.3 is 5.97 Å². The van der Waals surface area contributed by atoms with Crippen molar-refractivity contribution >= 4 is 11.9 Å². The zero-order chi connectivity index (χ0) is 18.2. The zero-order valence-electron chi connectivity index (χ0n) is 14.9. The molecular weight excluding hydrogens is 322 g/mol. The number of carbonyl (C=O) groups is 2. The van der Waals surface area contributed by atoms with Crippen molar-refractivity contribution in [2.24, 2.45) is 11.8 Å². The second kappa shape index (κ2) is 9.30. The Bertz CT molecular complexity index is 593. The van der Waals surface area contributed by atoms with Crippen molar-refractivity contribution in [2.75, 3.05) is 13.7 Å². The van der Waals surface area contributed by atoms with Crippen LogP contribution < -0.4 is 14.8 Å². The van der Waals surface area contributed by atoms with Crippen LogP contribution in [0.2, 0.25) is 0 Å². The predicted octanol–water partition coefficient (Wildman–Crippen LogP) is 2.99. The fourth-order valence-corrected chi connectivity index (χ4v) is 3.09. The Morgan fingerprint density at radius 1 is 1.16 bits per heavy atom. The molecule has 1 aliphatic carbocycles. The molecule has 6 nitrogen and oxygen atoms in total. The minimum absolute atomic E-state index is 0.00545. The molecule has 6 heteroatoms. The molecular formula is C19H27NO5. The van der Waals surface area contributed by atoms with Crippen LogP contribution in [0.25, 0.3) is 0 Å². The molecule has 0 bridgehead atoms. The summed E-state index contributed by atoms with van der Waals surface area (Å²) in [5, 5.41) is 12.0. The number of carbonyl (C=O) groups excluding carboxylic acids is 1. The molecule has 1 aliphatic rings. The number of methoxy groups -OCH3 is 1. The summed E-state index contributed by atoms with van der Waals surface area (Å²) in [5.74, 6) is 0.202. The third-order valence-electron chi connectivity index (χ3n) is 4.60. The van der Waals surface area contributed by atoms with E-state index < -0.39 is 5.97 Å². The molecule has 1 fully saturated rings. The van der Waals surface area contributed by atoms with Gasteiger partial charge in [-0.3, -0.25) is 9.59 Å². The smallest absolute Gasteiger partial charge is 0.306 e. The first-order valence-electron chi connectivity index (χ1n) is 8.85. The maximum absolute atomic E-state index is 12.3. The molecule has 2 N–H and O–H groups in total. The number of carboxylic acids is 1. The lowest BCUT2D eigenvalue weighted by Crippen LogP contribution is -2.34. The highest BCUT2D eigenvalue weighted by Crippen LogP contribution is 2.30. The van der Waals surface area contributed by atoms with Crippen molar-refractivity contribution in [3.63, 3.8) is 0 Å². The van der Waals surface area contributed by atoms with Gasteiger partial charge in [-0.25, -0.2) is 0 Å². The van der Waals surface area contributed by atoms with Crippen LogP contribution in [-0.4, -0.2) is 30.7 Å². The summed E-state index contributed by atoms with van der Waals surface area (Å²) in [5.41, 5.74) is 0.938. The van der Waals surface area contributed by atoms with Crippen LogP contribution >= 0.6 is 0 Å². The molecule has 0 aliphatic heterocycles. The third-order valence-corrected chi connectivity index (χ3v) is 4.60. The van der Waals surface area contributed by atoms with Gasteiger partial charge in [-0.05, 0) is 49.8 Å². The Hall–Kier alpha value is -2.24. The highest BCUT2D eigenvalue weighted by molar-refractivity contribution is 5.79. The molecule has 0 atom stereocenters. The van der Waals surface area contributed by atoms with Crippen LogP contribution in [0, 0.1) is 11.8 Å². The lowest BCUT2D eigenvalue weighted by Gasteiger charge is -2.25. The van der Waals surface area contributed by atoms with Crippen LogP contribution in [0.1, 0.15) is 44.6 Å². The van der Waals surface area contributed by atoms with Crippen LogP contribution in [0.15, 0.2) is 18.2 Å². The standard InChI is InChI=1S/C19H27NO5/c1-3-10-25-16-9-4-13(11-17(16)24-2)12-20-18(21)14-5-7-15(8-6-14)19(22)23/h4,9,11,14-15H,3,5-8,10,12H2,1-2H3,(H,20,21)(H,22,23). The Morgan fingerprint density at radius 3 is 2.44 bits per heavy atom. The van der Waals surface area contributed by atoms with E-state index in [-0.39, 0.29) is 17.7 Å². The monoisotopic (exact) mass is 349 g/mol. The summed E-state index contributed by atoms with van der Waals surface area (Å²) >= 11 is 0. The quantitative estimate of drug-likeness (QED) is 0.754. The van der Waals surface area contributed by atoms with E-state index in [0.717, 1.165) is 12.0 Å². The van der Waals surface area contributed by atoms with Crippen molar-refractivity contribution in [2.45, 2.75) is 45.6 Å². The lowest BCUT2D eigenvalue weighted by atomic mass is 9.81. The first-order chi connectivity index (χ1) is 12.0. The Labute approximate surface area is 148 Å². The van der Waals surface area contributed by atoms with Crippen molar-refractivity contribution < 1.29 is 24.2 Å². The number of hydrogen-bond donors (Lipinski definition) is 2. The van der Waals surface area contributed by atoms with E-state index in [1.54, 1.807) is 7.11 Å². The Kier molecular flexibility index (Phi) is 7.10. The largest absolute Gasteiger partial charge is 0.493 e. The van der Waals surface area contributed by atoms with Crippen molar-refractivity contribution in [1.82, 2.24) is 5.32 Å². The first kappa shape index (κ1) is 19.1. The van der Waals surface area contributed by atoms with Crippen LogP contribution in [0.4, 0.5) is 0 Å². The minimum atomic E-state index is -0.753. The average Bonchev–Trinajstić information content (AvgIpc) is 2.64. The number of amides is 1. The third kappa shape index (κ3) is 5.37. The Morgan fingerprint density at radius 2 is 1.84 bits per heavy atom. The molecule has 0 saturated heterocycles. The van der Waals surface area contributed by atoms with E-state index in [0.29, 0.717) is 50.3 Å². The van der Waals surface area contributed by atoms with E-state index in [4.69, 9.17) is 14.6 Å². The van der Waals surface area contributed by atoms with Gasteiger partial charge in [0.05, 0.1) is 19.6 Å². The summed E-state index contributed by atoms with van der Waals surface area (Å²) in [7, 11) is 1.59. The highest BCUT2D eigenvalue weighted by atomic mass is 16.5. The van der Waals surface area contributed by atoms with E-state index in [9.17, 15) is 9.59 Å². The van der Waals surface area contributed by atoms with Crippen molar-refractivity contribution in [3.05, 3.63) is 23.8 Å². The van der Waals surface area contributed by atoms with Gasteiger partial charge in [-0.2, -0.15) is 0 Å². The molecule has 0 heterocycles. The second-order valence-corrected chi connectivity index (χ2v) is 6.44. The van der Waals surface area contributed by atoms with E-state index >= 15 is 0 Å². The van der Waals surface area contributed by atoms with E-state index in [1.165, 1.54) is 0 Å². The maximum atomic E-state index is 12.3. The predicted molar refractivity (Wildman–Crippen MR) is 93.7 cm³/mol. The molecule has 0 unspecified atom stereocenters. The van der Waals surface area contributed by atoms with Crippen LogP contribution in [0.3, 0.4) is 0 Å². The van der Waals surface area contributed by atoms with Gasteiger partial charge in [0.25, 0.3) is 0 Å². The van der Waals surface area contributed by atoms with Gasteiger partial charge in [0.15, 0.2) is 11.5 Å². The topological polar surface area (TPSA) is 84.9 Å². The van der Waals surface area contributed by atoms with E-state index in [1.807, 2.05) is 25.1 Å². The van der Waals surface area contributed by atoms with Crippen LogP contribution in [-0.2, 0) is 16.1 Å². The number of ether oxygens (including phenoxy) is 2. The number of rotatable bonds is 8. The van der Waals surface area contributed by atoms with Gasteiger partial charge in [0.2, 0.25) is 5.91 Å². The summed E-state index contributed by atoms with van der Waals surface area (Å²) in [6.07, 6.45) is 3.34. The molecule has 25 heavy (non-hydrogen) atoms. The molecule has 0 spiro atoms. The van der Waals surface area contributed by atoms with Crippen LogP contribution in [0.5, 0.6) is 11.5 Å². The molecule has 138 valence electrons. The summed E-state index contributed by atoms with van der Waals surface area (Å²) < 4.78 is 11.0. The zero-order valence-corrected chi connectivity index (χ0v) is 14.9. The molecule has 0 radical (unpaired) electrons. The fourth-order valence-electron chi connectivity index (χ4n) is 3.09. The molecule has 1 aromatic carbocycles. The summed E-state index contributed by atoms with van der Waals surface area (Å²) in [6.45, 7) is 3.09. The first-order valence-corrected chi connectivity index (χ1v) is 8.85. The highest BCUT2D eigenvalue weighted by Gasteiger charge is 2.29. The second-order valence-electron chi connectivity index (χ2n) is 6.44. The van der Waals surface area contributed by atoms with E-state index in [2.05, 4.69) is 5.32 Å². The number of nitrogens with one attached hydrogen (secondary N) is 1. The summed E-state index contributed by atoms with van der Waals surface area (Å²) in [4.78, 5) is 23.3. The number of carboxylic acid groups (broad SMARTS) is 1. The summed E-state index contributed by atoms with van der Waals surface area (Å²) in [6, 6.07) is 5.63. The van der Waals surface area contributed by atoms with Crippen molar-refractivity contribution in [3.8, 4) is 11.5 Å². The maximum Gasteiger partial charge on any atom is 0.306 e. The number of hydrogen-bond acceptors (Lipinski definition) is 4.